The standard InChI is InChI=1S/C40H75NO8/c1-3-5-7-9-11-13-15-17-19-21-23-25-27-29-34(43)33(32-48-40-39(47)38(46)37(45)35(31-42)49-40)41-36(44)30-28-26-24-22-20-18-16-14-12-10-8-6-4-2/h7,9,27,29,33-35,37-40,42-43,45-47H,3-6,8,10-26,28,30-32H2,1-2H3,(H,41,44)/b9-7+,29-27+/t33-,34+,35-,37-,38?,39?,40-/m0/s1. The van der Waals surface area contributed by atoms with Crippen molar-refractivity contribution in [3.05, 3.63) is 24.3 Å². The second-order valence-electron chi connectivity index (χ2n) is 14.1. The zero-order valence-electron chi connectivity index (χ0n) is 31.2. The predicted molar refractivity (Wildman–Crippen MR) is 198 cm³/mol. The molecule has 2 unspecified atom stereocenters. The monoisotopic (exact) mass is 698 g/mol. The highest BCUT2D eigenvalue weighted by Gasteiger charge is 2.44. The number of rotatable bonds is 32. The lowest BCUT2D eigenvalue weighted by Crippen LogP contribution is -2.60. The lowest BCUT2D eigenvalue weighted by Gasteiger charge is -2.40. The first-order valence-electron chi connectivity index (χ1n) is 20.1. The third-order valence-electron chi connectivity index (χ3n) is 9.50. The van der Waals surface area contributed by atoms with Crippen molar-refractivity contribution in [2.45, 2.75) is 211 Å². The van der Waals surface area contributed by atoms with Gasteiger partial charge < -0.3 is 40.3 Å². The van der Waals surface area contributed by atoms with E-state index >= 15 is 0 Å². The van der Waals surface area contributed by atoms with Crippen molar-refractivity contribution >= 4 is 5.91 Å². The lowest BCUT2D eigenvalue weighted by atomic mass is 9.99. The van der Waals surface area contributed by atoms with Crippen LogP contribution in [-0.2, 0) is 14.3 Å². The topological polar surface area (TPSA) is 149 Å². The molecule has 1 fully saturated rings. The highest BCUT2D eigenvalue weighted by atomic mass is 16.7. The molecule has 49 heavy (non-hydrogen) atoms. The van der Waals surface area contributed by atoms with Gasteiger partial charge in [-0.05, 0) is 38.5 Å². The molecule has 0 aromatic rings. The fourth-order valence-electron chi connectivity index (χ4n) is 6.22. The molecule has 7 atom stereocenters. The minimum absolute atomic E-state index is 0.182. The molecule has 0 aliphatic carbocycles. The van der Waals surface area contributed by atoms with Gasteiger partial charge in [-0.3, -0.25) is 4.79 Å². The molecule has 6 N–H and O–H groups in total. The van der Waals surface area contributed by atoms with Gasteiger partial charge in [0.05, 0.1) is 25.4 Å². The maximum Gasteiger partial charge on any atom is 0.220 e. The van der Waals surface area contributed by atoms with Crippen LogP contribution in [0.25, 0.3) is 0 Å². The summed E-state index contributed by atoms with van der Waals surface area (Å²) in [4.78, 5) is 12.9. The van der Waals surface area contributed by atoms with E-state index in [-0.39, 0.29) is 12.5 Å². The fraction of sp³-hybridized carbons (Fsp3) is 0.875. The molecular weight excluding hydrogens is 622 g/mol. The summed E-state index contributed by atoms with van der Waals surface area (Å²) in [6.45, 7) is 3.69. The molecule has 1 aliphatic rings. The second kappa shape index (κ2) is 31.4. The van der Waals surface area contributed by atoms with Crippen LogP contribution in [0.5, 0.6) is 0 Å². The predicted octanol–water partition coefficient (Wildman–Crippen LogP) is 7.16. The van der Waals surface area contributed by atoms with E-state index < -0.39 is 49.5 Å². The smallest absolute Gasteiger partial charge is 0.220 e. The average Bonchev–Trinajstić information content (AvgIpc) is 3.10. The molecule has 0 saturated carbocycles. The molecule has 1 heterocycles. The first-order chi connectivity index (χ1) is 23.8. The van der Waals surface area contributed by atoms with E-state index in [0.29, 0.717) is 6.42 Å². The number of carbonyl (C=O) groups is 1. The SMILES string of the molecule is CCC/C=C/CCCCCCCC/C=C/[C@@H](O)[C@H](CO[C@H]1O[C@@H](CO)[C@H](O)C(O)C1O)NC(=O)CCCCCCCCCCCCCCC. The van der Waals surface area contributed by atoms with Crippen LogP contribution in [0, 0.1) is 0 Å². The minimum Gasteiger partial charge on any atom is -0.394 e. The Labute approximate surface area is 298 Å². The third kappa shape index (κ3) is 23.0. The number of carbonyl (C=O) groups excluding carboxylic acids is 1. The summed E-state index contributed by atoms with van der Waals surface area (Å²) in [7, 11) is 0. The first-order valence-corrected chi connectivity index (χ1v) is 20.1. The third-order valence-corrected chi connectivity index (χ3v) is 9.50. The molecule has 1 saturated heterocycles. The van der Waals surface area contributed by atoms with Gasteiger partial charge in [-0.25, -0.2) is 0 Å². The largest absolute Gasteiger partial charge is 0.394 e. The summed E-state index contributed by atoms with van der Waals surface area (Å²) in [6, 6.07) is -0.801. The molecule has 288 valence electrons. The van der Waals surface area contributed by atoms with Crippen LogP contribution in [0.15, 0.2) is 24.3 Å². The van der Waals surface area contributed by atoms with E-state index in [4.69, 9.17) is 9.47 Å². The Bertz CT molecular complexity index is 822. The fourth-order valence-corrected chi connectivity index (χ4v) is 6.22. The summed E-state index contributed by atoms with van der Waals surface area (Å²) < 4.78 is 11.2. The number of hydrogen-bond acceptors (Lipinski definition) is 8. The van der Waals surface area contributed by atoms with Gasteiger partial charge in [0.1, 0.15) is 24.4 Å². The van der Waals surface area contributed by atoms with Gasteiger partial charge >= 0.3 is 0 Å². The molecule has 0 radical (unpaired) electrons. The molecule has 0 bridgehead atoms. The lowest BCUT2D eigenvalue weighted by molar-refractivity contribution is -0.302. The maximum absolute atomic E-state index is 12.9. The number of amides is 1. The Balaban J connectivity index is 2.44. The molecule has 9 heteroatoms. The van der Waals surface area contributed by atoms with Crippen LogP contribution < -0.4 is 5.32 Å². The van der Waals surface area contributed by atoms with E-state index in [1.807, 2.05) is 6.08 Å². The zero-order chi connectivity index (χ0) is 36.0. The van der Waals surface area contributed by atoms with Gasteiger partial charge in [-0.15, -0.1) is 0 Å². The van der Waals surface area contributed by atoms with Crippen LogP contribution in [0.4, 0.5) is 0 Å². The Morgan fingerprint density at radius 1 is 0.673 bits per heavy atom. The van der Waals surface area contributed by atoms with E-state index in [1.165, 1.54) is 103 Å². The van der Waals surface area contributed by atoms with Gasteiger partial charge in [0, 0.05) is 6.42 Å². The number of allylic oxidation sites excluding steroid dienone is 3. The molecular formula is C40H75NO8. The van der Waals surface area contributed by atoms with Gasteiger partial charge in [-0.1, -0.05) is 147 Å². The number of nitrogens with one attached hydrogen (secondary N) is 1. The zero-order valence-corrected chi connectivity index (χ0v) is 31.2. The highest BCUT2D eigenvalue weighted by molar-refractivity contribution is 5.76. The van der Waals surface area contributed by atoms with Crippen molar-refractivity contribution in [1.82, 2.24) is 5.32 Å². The Kier molecular flexibility index (Phi) is 29.3. The summed E-state index contributed by atoms with van der Waals surface area (Å²) >= 11 is 0. The maximum atomic E-state index is 12.9. The molecule has 1 amide bonds. The van der Waals surface area contributed by atoms with Crippen LogP contribution in [-0.4, -0.2) is 87.5 Å². The second-order valence-corrected chi connectivity index (χ2v) is 14.1. The van der Waals surface area contributed by atoms with Crippen molar-refractivity contribution in [3.63, 3.8) is 0 Å². The van der Waals surface area contributed by atoms with Crippen LogP contribution in [0.3, 0.4) is 0 Å². The molecule has 9 nitrogen and oxygen atoms in total. The molecule has 1 aliphatic heterocycles. The van der Waals surface area contributed by atoms with Gasteiger partial charge in [0.15, 0.2) is 6.29 Å². The minimum atomic E-state index is -1.56. The van der Waals surface area contributed by atoms with Crippen LogP contribution in [0.2, 0.25) is 0 Å². The Morgan fingerprint density at radius 3 is 1.73 bits per heavy atom. The first kappa shape index (κ1) is 45.7. The van der Waals surface area contributed by atoms with Crippen LogP contribution in [0.1, 0.15) is 168 Å². The quantitative estimate of drug-likeness (QED) is 0.0320. The number of aliphatic hydroxyl groups excluding tert-OH is 5. The van der Waals surface area contributed by atoms with Gasteiger partial charge in [0.25, 0.3) is 0 Å². The molecule has 0 aromatic heterocycles. The van der Waals surface area contributed by atoms with Gasteiger partial charge in [-0.2, -0.15) is 0 Å². The average molecular weight is 698 g/mol. The van der Waals surface area contributed by atoms with Crippen molar-refractivity contribution in [1.29, 1.82) is 0 Å². The summed E-state index contributed by atoms with van der Waals surface area (Å²) in [5.41, 5.74) is 0. The summed E-state index contributed by atoms with van der Waals surface area (Å²) in [5.74, 6) is -0.182. The number of unbranched alkanes of at least 4 members (excludes halogenated alkanes) is 20. The van der Waals surface area contributed by atoms with Gasteiger partial charge in [0.2, 0.25) is 5.91 Å². The number of hydrogen-bond donors (Lipinski definition) is 6. The van der Waals surface area contributed by atoms with E-state index in [9.17, 15) is 30.3 Å². The normalized spacial score (nSPS) is 22.6. The van der Waals surface area contributed by atoms with Crippen molar-refractivity contribution < 1.29 is 39.8 Å². The van der Waals surface area contributed by atoms with Crippen molar-refractivity contribution in [2.75, 3.05) is 13.2 Å². The van der Waals surface area contributed by atoms with E-state index in [1.54, 1.807) is 6.08 Å². The molecule has 1 rings (SSSR count). The number of ether oxygens (including phenoxy) is 2. The van der Waals surface area contributed by atoms with Crippen molar-refractivity contribution in [3.8, 4) is 0 Å². The van der Waals surface area contributed by atoms with E-state index in [0.717, 1.165) is 44.9 Å². The Hall–Kier alpha value is -1.33. The molecule has 0 aromatic carbocycles. The molecule has 0 spiro atoms. The van der Waals surface area contributed by atoms with E-state index in [2.05, 4.69) is 31.3 Å². The Morgan fingerprint density at radius 2 is 1.18 bits per heavy atom. The van der Waals surface area contributed by atoms with Crippen LogP contribution >= 0.6 is 0 Å². The van der Waals surface area contributed by atoms with Crippen molar-refractivity contribution in [2.24, 2.45) is 0 Å². The number of aliphatic hydroxyl groups is 5. The summed E-state index contributed by atoms with van der Waals surface area (Å²) in [5, 5.41) is 53.9. The highest BCUT2D eigenvalue weighted by Crippen LogP contribution is 2.22. The summed E-state index contributed by atoms with van der Waals surface area (Å²) in [6.07, 6.45) is 27.8.